The minimum Gasteiger partial charge on any atom is -0.326 e. The molecule has 19 heavy (non-hydrogen) atoms. The normalized spacial score (nSPS) is 11.6. The molecule has 0 atom stereocenters. The number of nitrogens with one attached hydrogen (secondary N) is 1. The van der Waals surface area contributed by atoms with E-state index in [0.717, 1.165) is 5.56 Å². The van der Waals surface area contributed by atoms with E-state index in [9.17, 15) is 8.42 Å². The van der Waals surface area contributed by atoms with E-state index in [2.05, 4.69) is 15.0 Å². The Kier molecular flexibility index (Phi) is 4.25. The first-order chi connectivity index (χ1) is 9.12. The zero-order valence-corrected chi connectivity index (χ0v) is 11.0. The van der Waals surface area contributed by atoms with Crippen molar-refractivity contribution < 1.29 is 8.42 Å². The average Bonchev–Trinajstić information content (AvgIpc) is 2.92. The molecule has 0 amide bonds. The van der Waals surface area contributed by atoms with E-state index in [1.807, 2.05) is 0 Å². The topological polar surface area (TPSA) is 103 Å². The van der Waals surface area contributed by atoms with Crippen LogP contribution in [0.25, 0.3) is 0 Å². The smallest absolute Gasteiger partial charge is 0.240 e. The first-order valence-electron chi connectivity index (χ1n) is 5.74. The Labute approximate surface area is 111 Å². The summed E-state index contributed by atoms with van der Waals surface area (Å²) >= 11 is 0. The first kappa shape index (κ1) is 13.7. The van der Waals surface area contributed by atoms with Gasteiger partial charge in [0.05, 0.1) is 17.6 Å². The van der Waals surface area contributed by atoms with Gasteiger partial charge in [-0.05, 0) is 17.7 Å². The van der Waals surface area contributed by atoms with Crippen molar-refractivity contribution in [2.45, 2.75) is 18.0 Å². The molecule has 0 fully saturated rings. The largest absolute Gasteiger partial charge is 0.326 e. The first-order valence-corrected chi connectivity index (χ1v) is 7.23. The molecule has 0 aliphatic heterocycles. The minimum atomic E-state index is -3.51. The van der Waals surface area contributed by atoms with E-state index in [4.69, 9.17) is 5.73 Å². The van der Waals surface area contributed by atoms with Gasteiger partial charge in [-0.2, -0.15) is 0 Å². The van der Waals surface area contributed by atoms with E-state index in [-0.39, 0.29) is 11.4 Å². The number of rotatable bonds is 6. The minimum absolute atomic E-state index is 0.217. The molecular weight excluding hydrogens is 266 g/mol. The van der Waals surface area contributed by atoms with Crippen LogP contribution in [-0.2, 0) is 23.1 Å². The molecule has 7 nitrogen and oxygen atoms in total. The molecule has 3 N–H and O–H groups in total. The number of nitrogens with two attached hydrogens (primary N) is 1. The lowest BCUT2D eigenvalue weighted by molar-refractivity contribution is 0.553. The SMILES string of the molecule is NCc1cccc(S(=O)(=O)NCCn2ccnn2)c1. The summed E-state index contributed by atoms with van der Waals surface area (Å²) in [6.45, 7) is 0.983. The average molecular weight is 281 g/mol. The van der Waals surface area contributed by atoms with Crippen molar-refractivity contribution in [3.8, 4) is 0 Å². The molecule has 0 saturated heterocycles. The Morgan fingerprint density at radius 3 is 2.89 bits per heavy atom. The molecule has 102 valence electrons. The lowest BCUT2D eigenvalue weighted by Gasteiger charge is -2.07. The fourth-order valence-electron chi connectivity index (χ4n) is 1.57. The number of sulfonamides is 1. The van der Waals surface area contributed by atoms with Gasteiger partial charge in [0.1, 0.15) is 0 Å². The van der Waals surface area contributed by atoms with Crippen molar-refractivity contribution in [3.05, 3.63) is 42.2 Å². The number of aromatic nitrogens is 3. The summed E-state index contributed by atoms with van der Waals surface area (Å²) in [7, 11) is -3.51. The number of nitrogens with zero attached hydrogens (tertiary/aromatic N) is 3. The van der Waals surface area contributed by atoms with Crippen LogP contribution in [0.1, 0.15) is 5.56 Å². The predicted molar refractivity (Wildman–Crippen MR) is 69.5 cm³/mol. The molecule has 0 aliphatic rings. The van der Waals surface area contributed by atoms with Crippen LogP contribution >= 0.6 is 0 Å². The summed E-state index contributed by atoms with van der Waals surface area (Å²) in [6.07, 6.45) is 3.21. The third-order valence-corrected chi connectivity index (χ3v) is 4.01. The summed E-state index contributed by atoms with van der Waals surface area (Å²) in [5.74, 6) is 0. The molecule has 0 spiro atoms. The highest BCUT2D eigenvalue weighted by Crippen LogP contribution is 2.10. The van der Waals surface area contributed by atoms with Gasteiger partial charge in [-0.15, -0.1) is 5.10 Å². The lowest BCUT2D eigenvalue weighted by Crippen LogP contribution is -2.27. The van der Waals surface area contributed by atoms with Crippen molar-refractivity contribution >= 4 is 10.0 Å². The molecule has 1 aromatic heterocycles. The van der Waals surface area contributed by atoms with Gasteiger partial charge >= 0.3 is 0 Å². The van der Waals surface area contributed by atoms with Gasteiger partial charge in [0.2, 0.25) is 10.0 Å². The zero-order valence-electron chi connectivity index (χ0n) is 10.2. The van der Waals surface area contributed by atoms with Crippen LogP contribution < -0.4 is 10.5 Å². The van der Waals surface area contributed by atoms with E-state index in [1.165, 1.54) is 6.07 Å². The second-order valence-corrected chi connectivity index (χ2v) is 5.68. The van der Waals surface area contributed by atoms with Gasteiger partial charge in [-0.25, -0.2) is 13.1 Å². The third-order valence-electron chi connectivity index (χ3n) is 2.55. The Morgan fingerprint density at radius 1 is 1.37 bits per heavy atom. The van der Waals surface area contributed by atoms with Crippen molar-refractivity contribution in [1.82, 2.24) is 19.7 Å². The molecule has 1 aromatic carbocycles. The van der Waals surface area contributed by atoms with Crippen LogP contribution in [0.15, 0.2) is 41.6 Å². The molecule has 0 radical (unpaired) electrons. The Morgan fingerprint density at radius 2 is 2.21 bits per heavy atom. The van der Waals surface area contributed by atoms with Crippen LogP contribution in [0.3, 0.4) is 0 Å². The van der Waals surface area contributed by atoms with E-state index in [1.54, 1.807) is 35.3 Å². The van der Waals surface area contributed by atoms with Crippen molar-refractivity contribution in [3.63, 3.8) is 0 Å². The summed E-state index contributed by atoms with van der Waals surface area (Å²) in [5, 5.41) is 7.39. The van der Waals surface area contributed by atoms with Gasteiger partial charge in [0.15, 0.2) is 0 Å². The highest BCUT2D eigenvalue weighted by molar-refractivity contribution is 7.89. The fourth-order valence-corrected chi connectivity index (χ4v) is 2.66. The monoisotopic (exact) mass is 281 g/mol. The van der Waals surface area contributed by atoms with Crippen molar-refractivity contribution in [1.29, 1.82) is 0 Å². The number of hydrogen-bond donors (Lipinski definition) is 2. The van der Waals surface area contributed by atoms with Gasteiger partial charge in [0.25, 0.3) is 0 Å². The van der Waals surface area contributed by atoms with E-state index >= 15 is 0 Å². The number of hydrogen-bond acceptors (Lipinski definition) is 5. The molecule has 8 heteroatoms. The van der Waals surface area contributed by atoms with Crippen LogP contribution in [0, 0.1) is 0 Å². The predicted octanol–water partition coefficient (Wildman–Crippen LogP) is -0.285. The second kappa shape index (κ2) is 5.91. The molecule has 0 aliphatic carbocycles. The fraction of sp³-hybridized carbons (Fsp3) is 0.273. The van der Waals surface area contributed by atoms with Crippen LogP contribution in [0.5, 0.6) is 0 Å². The standard InChI is InChI=1S/C11H15N5O2S/c12-9-10-2-1-3-11(8-10)19(17,18)14-5-7-16-6-4-13-15-16/h1-4,6,8,14H,5,7,9,12H2. The molecule has 2 rings (SSSR count). The highest BCUT2D eigenvalue weighted by atomic mass is 32.2. The van der Waals surface area contributed by atoms with Gasteiger partial charge < -0.3 is 5.73 Å². The summed E-state index contributed by atoms with van der Waals surface area (Å²) in [4.78, 5) is 0.217. The molecule has 0 bridgehead atoms. The van der Waals surface area contributed by atoms with Crippen molar-refractivity contribution in [2.24, 2.45) is 5.73 Å². The lowest BCUT2D eigenvalue weighted by atomic mass is 10.2. The maximum absolute atomic E-state index is 12.0. The third kappa shape index (κ3) is 3.60. The Hall–Kier alpha value is -1.77. The quantitative estimate of drug-likeness (QED) is 0.757. The van der Waals surface area contributed by atoms with E-state index < -0.39 is 10.0 Å². The molecule has 0 unspecified atom stereocenters. The van der Waals surface area contributed by atoms with Crippen LogP contribution in [0.2, 0.25) is 0 Å². The van der Waals surface area contributed by atoms with Gasteiger partial charge in [-0.1, -0.05) is 17.3 Å². The zero-order chi connectivity index (χ0) is 13.7. The summed E-state index contributed by atoms with van der Waals surface area (Å²) in [6, 6.07) is 6.57. The van der Waals surface area contributed by atoms with Crippen molar-refractivity contribution in [2.75, 3.05) is 6.54 Å². The highest BCUT2D eigenvalue weighted by Gasteiger charge is 2.13. The number of benzene rings is 1. The van der Waals surface area contributed by atoms with Crippen LogP contribution in [0.4, 0.5) is 0 Å². The summed E-state index contributed by atoms with van der Waals surface area (Å²) < 4.78 is 28.1. The maximum Gasteiger partial charge on any atom is 0.240 e. The molecule has 0 saturated carbocycles. The maximum atomic E-state index is 12.0. The molecular formula is C11H15N5O2S. The van der Waals surface area contributed by atoms with Gasteiger partial charge in [-0.3, -0.25) is 4.68 Å². The molecule has 1 heterocycles. The second-order valence-electron chi connectivity index (χ2n) is 3.92. The van der Waals surface area contributed by atoms with Crippen LogP contribution in [-0.4, -0.2) is 30.0 Å². The van der Waals surface area contributed by atoms with Gasteiger partial charge in [0, 0.05) is 19.3 Å². The molecule has 2 aromatic rings. The summed E-state index contributed by atoms with van der Waals surface area (Å²) in [5.41, 5.74) is 6.27. The Bertz CT molecular complexity index is 624. The van der Waals surface area contributed by atoms with E-state index in [0.29, 0.717) is 13.1 Å². The Balaban J connectivity index is 2.01.